The molecule has 2 aromatic carbocycles. The Morgan fingerprint density at radius 1 is 0.792 bits per heavy atom. The first-order valence-corrected chi connectivity index (χ1v) is 15.5. The average Bonchev–Trinajstić information content (AvgIpc) is 3.44. The molecule has 4 amide bonds. The number of carboxylic acids is 1. The minimum Gasteiger partial charge on any atom is -0.508 e. The summed E-state index contributed by atoms with van der Waals surface area (Å²) in [6, 6.07) is 6.83. The average molecular weight is 669 g/mol. The van der Waals surface area contributed by atoms with Gasteiger partial charge in [-0.15, -0.1) is 0 Å². The van der Waals surface area contributed by atoms with Crippen molar-refractivity contribution in [3.63, 3.8) is 0 Å². The van der Waals surface area contributed by atoms with Gasteiger partial charge in [-0.05, 0) is 55.0 Å². The maximum Gasteiger partial charge on any atom is 0.328 e. The Labute approximate surface area is 277 Å². The number of aromatic amines is 1. The summed E-state index contributed by atoms with van der Waals surface area (Å²) in [6.07, 6.45) is 0.508. The molecule has 0 unspecified atom stereocenters. The molecule has 0 fully saturated rings. The highest BCUT2D eigenvalue weighted by molar-refractivity contribution is 5.96. The maximum atomic E-state index is 13.8. The zero-order valence-electron chi connectivity index (χ0n) is 27.0. The number of H-pyrrole nitrogens is 1. The molecule has 0 bridgehead atoms. The van der Waals surface area contributed by atoms with Crippen molar-refractivity contribution in [2.45, 2.75) is 76.3 Å². The molecule has 260 valence electrons. The van der Waals surface area contributed by atoms with E-state index in [-0.39, 0.29) is 30.9 Å². The van der Waals surface area contributed by atoms with Crippen molar-refractivity contribution < 1.29 is 44.4 Å². The van der Waals surface area contributed by atoms with Crippen LogP contribution in [0.4, 0.5) is 0 Å². The number of aliphatic hydroxyl groups is 2. The fourth-order valence-corrected chi connectivity index (χ4v) is 5.07. The number of phenolic OH excluding ortho intramolecular Hbond substituents is 1. The molecule has 11 N–H and O–H groups in total. The van der Waals surface area contributed by atoms with Gasteiger partial charge in [-0.25, -0.2) is 4.79 Å². The van der Waals surface area contributed by atoms with Crippen LogP contribution in [-0.4, -0.2) is 97.9 Å². The van der Waals surface area contributed by atoms with Gasteiger partial charge in [-0.3, -0.25) is 19.2 Å². The third-order valence-corrected chi connectivity index (χ3v) is 7.66. The van der Waals surface area contributed by atoms with Crippen LogP contribution >= 0.6 is 0 Å². The van der Waals surface area contributed by atoms with Crippen molar-refractivity contribution in [1.29, 1.82) is 0 Å². The molecule has 48 heavy (non-hydrogen) atoms. The second kappa shape index (κ2) is 17.2. The van der Waals surface area contributed by atoms with Crippen LogP contribution in [0.2, 0.25) is 0 Å². The molecule has 0 aliphatic heterocycles. The van der Waals surface area contributed by atoms with E-state index in [1.807, 2.05) is 24.3 Å². The molecule has 15 heteroatoms. The molecule has 3 rings (SSSR count). The first-order valence-electron chi connectivity index (χ1n) is 15.5. The Kier molecular flexibility index (Phi) is 13.5. The van der Waals surface area contributed by atoms with Crippen molar-refractivity contribution in [1.82, 2.24) is 26.3 Å². The van der Waals surface area contributed by atoms with Crippen molar-refractivity contribution in [2.75, 3.05) is 6.61 Å². The normalized spacial score (nSPS) is 15.1. The topological polar surface area (TPSA) is 256 Å². The number of aromatic nitrogens is 1. The van der Waals surface area contributed by atoms with Gasteiger partial charge in [-0.2, -0.15) is 0 Å². The molecule has 0 saturated heterocycles. The molecule has 3 aromatic rings. The number of nitrogens with one attached hydrogen (secondary N) is 5. The molecule has 6 atom stereocenters. The first-order chi connectivity index (χ1) is 22.7. The van der Waals surface area contributed by atoms with Crippen molar-refractivity contribution in [3.05, 3.63) is 65.9 Å². The number of carboxylic acid groups (broad SMARTS) is 1. The lowest BCUT2D eigenvalue weighted by molar-refractivity contribution is -0.145. The number of carbonyl (C=O) groups excluding carboxylic acids is 4. The van der Waals surface area contributed by atoms with Crippen molar-refractivity contribution in [3.8, 4) is 5.75 Å². The second-order valence-corrected chi connectivity index (χ2v) is 12.1. The summed E-state index contributed by atoms with van der Waals surface area (Å²) in [6.45, 7) is 3.86. The highest BCUT2D eigenvalue weighted by Gasteiger charge is 2.33. The predicted molar refractivity (Wildman–Crippen MR) is 175 cm³/mol. The highest BCUT2D eigenvalue weighted by Crippen LogP contribution is 2.20. The number of carbonyl (C=O) groups is 5. The SMILES string of the molecule is CC(C)C[C@H](NC(=O)[C@H](Cc1c[nH]c2ccccc12)NC(=O)[C@@H](N)Cc1ccc(O)cc1)C(=O)N[C@@H](CO)C(=O)N[C@H](C(=O)O)[C@@H](C)O. The minimum atomic E-state index is -1.69. The third kappa shape index (κ3) is 10.5. The van der Waals surface area contributed by atoms with Gasteiger partial charge < -0.3 is 52.4 Å². The van der Waals surface area contributed by atoms with Crippen molar-refractivity contribution in [2.24, 2.45) is 11.7 Å². The van der Waals surface area contributed by atoms with Gasteiger partial charge in [0.25, 0.3) is 0 Å². The fraction of sp³-hybridized carbons (Fsp3) is 0.424. The van der Waals surface area contributed by atoms with Crippen LogP contribution in [-0.2, 0) is 36.8 Å². The number of hydrogen-bond donors (Lipinski definition) is 10. The van der Waals surface area contributed by atoms with Crippen LogP contribution in [0.25, 0.3) is 10.9 Å². The molecular weight excluding hydrogens is 624 g/mol. The molecule has 0 spiro atoms. The third-order valence-electron chi connectivity index (χ3n) is 7.66. The van der Waals surface area contributed by atoms with Crippen LogP contribution in [0.15, 0.2) is 54.7 Å². The molecule has 0 radical (unpaired) electrons. The largest absolute Gasteiger partial charge is 0.508 e. The van der Waals surface area contributed by atoms with Gasteiger partial charge in [0.15, 0.2) is 6.04 Å². The molecule has 1 aromatic heterocycles. The highest BCUT2D eigenvalue weighted by atomic mass is 16.4. The summed E-state index contributed by atoms with van der Waals surface area (Å²) in [5, 5.41) is 49.0. The summed E-state index contributed by atoms with van der Waals surface area (Å²) in [5.41, 5.74) is 8.41. The van der Waals surface area contributed by atoms with Gasteiger partial charge in [-0.1, -0.05) is 44.2 Å². The Bertz CT molecular complexity index is 1570. The summed E-state index contributed by atoms with van der Waals surface area (Å²) >= 11 is 0. The predicted octanol–water partition coefficient (Wildman–Crippen LogP) is -0.571. The molecule has 1 heterocycles. The van der Waals surface area contributed by atoms with Crippen LogP contribution < -0.4 is 27.0 Å². The number of para-hydroxylation sites is 1. The van der Waals surface area contributed by atoms with E-state index in [1.54, 1.807) is 32.2 Å². The first kappa shape index (κ1) is 37.5. The number of aromatic hydroxyl groups is 1. The van der Waals surface area contributed by atoms with Crippen LogP contribution in [0.3, 0.4) is 0 Å². The van der Waals surface area contributed by atoms with E-state index in [1.165, 1.54) is 12.1 Å². The summed E-state index contributed by atoms with van der Waals surface area (Å²) < 4.78 is 0. The zero-order valence-corrected chi connectivity index (χ0v) is 27.0. The number of fused-ring (bicyclic) bond motifs is 1. The number of hydrogen-bond acceptors (Lipinski definition) is 9. The number of aliphatic carboxylic acids is 1. The minimum absolute atomic E-state index is 0.0289. The Hall–Kier alpha value is -4.99. The van der Waals surface area contributed by atoms with E-state index in [0.29, 0.717) is 11.1 Å². The van der Waals surface area contributed by atoms with Gasteiger partial charge >= 0.3 is 5.97 Å². The molecule has 0 saturated carbocycles. The van der Waals surface area contributed by atoms with E-state index in [0.717, 1.165) is 17.8 Å². The van der Waals surface area contributed by atoms with Gasteiger partial charge in [0, 0.05) is 23.5 Å². The summed E-state index contributed by atoms with van der Waals surface area (Å²) in [4.78, 5) is 67.8. The van der Waals surface area contributed by atoms with E-state index >= 15 is 0 Å². The number of nitrogens with two attached hydrogens (primary N) is 1. The standard InChI is InChI=1S/C33H44N6O9/c1-17(2)12-25(30(44)38-27(16-40)32(46)39-28(18(3)41)33(47)48)37-31(45)26(14-20-15-35-24-7-5-4-6-22(20)24)36-29(43)23(34)13-19-8-10-21(42)11-9-19/h4-11,15,17-18,23,25-28,35,40-42H,12-14,16,34H2,1-3H3,(H,36,43)(H,37,45)(H,38,44)(H,39,46)(H,47,48)/t18-,23+,25+,26+,27+,28+/m1/s1. The fourth-order valence-electron chi connectivity index (χ4n) is 5.07. The lowest BCUT2D eigenvalue weighted by Gasteiger charge is -2.27. The van der Waals surface area contributed by atoms with E-state index < -0.39 is 72.5 Å². The Morgan fingerprint density at radius 3 is 1.98 bits per heavy atom. The van der Waals surface area contributed by atoms with E-state index in [4.69, 9.17) is 5.73 Å². The van der Waals surface area contributed by atoms with Gasteiger partial charge in [0.2, 0.25) is 23.6 Å². The second-order valence-electron chi connectivity index (χ2n) is 12.1. The van der Waals surface area contributed by atoms with Crippen LogP contribution in [0.1, 0.15) is 38.3 Å². The molecule has 15 nitrogen and oxygen atoms in total. The number of rotatable bonds is 17. The monoisotopic (exact) mass is 668 g/mol. The summed E-state index contributed by atoms with van der Waals surface area (Å²) in [5.74, 6) is -4.82. The lowest BCUT2D eigenvalue weighted by atomic mass is 10.00. The smallest absolute Gasteiger partial charge is 0.328 e. The van der Waals surface area contributed by atoms with E-state index in [9.17, 15) is 44.4 Å². The summed E-state index contributed by atoms with van der Waals surface area (Å²) in [7, 11) is 0. The van der Waals surface area contributed by atoms with Crippen LogP contribution in [0.5, 0.6) is 5.75 Å². The van der Waals surface area contributed by atoms with Crippen molar-refractivity contribution >= 4 is 40.5 Å². The van der Waals surface area contributed by atoms with E-state index in [2.05, 4.69) is 26.3 Å². The Morgan fingerprint density at radius 2 is 1.38 bits per heavy atom. The van der Waals surface area contributed by atoms with Gasteiger partial charge in [0.1, 0.15) is 23.9 Å². The zero-order chi connectivity index (χ0) is 35.5. The Balaban J connectivity index is 1.82. The maximum absolute atomic E-state index is 13.8. The number of amides is 4. The number of phenols is 1. The quantitative estimate of drug-likeness (QED) is 0.0876. The lowest BCUT2D eigenvalue weighted by Crippen LogP contribution is -2.60. The van der Waals surface area contributed by atoms with Gasteiger partial charge in [0.05, 0.1) is 18.8 Å². The molecule has 0 aliphatic rings. The van der Waals surface area contributed by atoms with Crippen LogP contribution in [0, 0.1) is 5.92 Å². The molecule has 0 aliphatic carbocycles. The molecular formula is C33H44N6O9. The number of aliphatic hydroxyl groups excluding tert-OH is 2. The number of benzene rings is 2.